The lowest BCUT2D eigenvalue weighted by atomic mass is 10.1. The van der Waals surface area contributed by atoms with E-state index in [2.05, 4.69) is 5.32 Å². The van der Waals surface area contributed by atoms with Gasteiger partial charge in [0.1, 0.15) is 5.75 Å². The maximum atomic E-state index is 11.6. The summed E-state index contributed by atoms with van der Waals surface area (Å²) in [5.41, 5.74) is 6.39. The number of carbonyl (C=O) groups is 2. The van der Waals surface area contributed by atoms with Crippen molar-refractivity contribution in [3.63, 3.8) is 0 Å². The van der Waals surface area contributed by atoms with Gasteiger partial charge in [-0.3, -0.25) is 4.79 Å². The first-order chi connectivity index (χ1) is 10.3. The van der Waals surface area contributed by atoms with Crippen LogP contribution in [0.1, 0.15) is 5.56 Å². The summed E-state index contributed by atoms with van der Waals surface area (Å²) in [7, 11) is 0. The van der Waals surface area contributed by atoms with Crippen molar-refractivity contribution in [3.8, 4) is 5.75 Å². The zero-order valence-corrected chi connectivity index (χ0v) is 11.4. The minimum absolute atomic E-state index is 0.0864. The number of carboxylic acid groups (broad SMARTS) is 1. The summed E-state index contributed by atoms with van der Waals surface area (Å²) in [6, 6.07) is 7.71. The Hall–Kier alpha value is -2.29. The van der Waals surface area contributed by atoms with Gasteiger partial charge >= 0.3 is 12.1 Å². The third-order valence-corrected chi connectivity index (χ3v) is 2.63. The lowest BCUT2D eigenvalue weighted by Crippen LogP contribution is -2.39. The second-order valence-electron chi connectivity index (χ2n) is 4.30. The van der Waals surface area contributed by atoms with Gasteiger partial charge in [-0.15, -0.1) is 0 Å². The van der Waals surface area contributed by atoms with Crippen molar-refractivity contribution in [2.75, 3.05) is 13.1 Å². The summed E-state index contributed by atoms with van der Waals surface area (Å²) >= 11 is 0. The topological polar surface area (TPSA) is 102 Å². The number of halogens is 3. The molecule has 1 aliphatic rings. The number of hydrogen-bond donors (Lipinski definition) is 3. The number of nitrogens with two attached hydrogens (primary N) is 1. The molecule has 1 amide bonds. The molecule has 0 spiro atoms. The number of nitrogens with one attached hydrogen (secondary N) is 1. The van der Waals surface area contributed by atoms with E-state index in [1.165, 1.54) is 0 Å². The number of benzene rings is 1. The van der Waals surface area contributed by atoms with Crippen LogP contribution in [0.15, 0.2) is 24.3 Å². The van der Waals surface area contributed by atoms with E-state index in [1.807, 2.05) is 24.3 Å². The molecule has 1 heterocycles. The third-order valence-electron chi connectivity index (χ3n) is 2.63. The SMILES string of the molecule is NCCNC(=O)C1Cc2ccccc2O1.O=C(O)C(F)(F)F. The maximum Gasteiger partial charge on any atom is 0.490 e. The molecule has 0 aliphatic carbocycles. The monoisotopic (exact) mass is 320 g/mol. The fourth-order valence-electron chi connectivity index (χ4n) is 1.64. The van der Waals surface area contributed by atoms with Crippen LogP contribution < -0.4 is 15.8 Å². The molecule has 2 rings (SSSR count). The molecule has 22 heavy (non-hydrogen) atoms. The Labute approximate surface area is 124 Å². The second kappa shape index (κ2) is 7.64. The summed E-state index contributed by atoms with van der Waals surface area (Å²) in [5, 5.41) is 9.85. The molecule has 1 aliphatic heterocycles. The molecule has 4 N–H and O–H groups in total. The fourth-order valence-corrected chi connectivity index (χ4v) is 1.64. The molecule has 0 radical (unpaired) electrons. The highest BCUT2D eigenvalue weighted by Crippen LogP contribution is 2.27. The van der Waals surface area contributed by atoms with Crippen LogP contribution in [0.3, 0.4) is 0 Å². The Morgan fingerprint density at radius 3 is 2.45 bits per heavy atom. The number of alkyl halides is 3. The normalized spacial score (nSPS) is 15.9. The Morgan fingerprint density at radius 2 is 1.95 bits per heavy atom. The van der Waals surface area contributed by atoms with E-state index in [1.54, 1.807) is 0 Å². The predicted octanol–water partition coefficient (Wildman–Crippen LogP) is 0.698. The molecule has 0 bridgehead atoms. The molecule has 0 aromatic heterocycles. The Balaban J connectivity index is 0.000000295. The van der Waals surface area contributed by atoms with E-state index in [0.717, 1.165) is 11.3 Å². The molecule has 1 atom stereocenters. The van der Waals surface area contributed by atoms with Crippen molar-refractivity contribution >= 4 is 11.9 Å². The number of carbonyl (C=O) groups excluding carboxylic acids is 1. The largest absolute Gasteiger partial charge is 0.490 e. The van der Waals surface area contributed by atoms with Crippen molar-refractivity contribution < 1.29 is 32.6 Å². The van der Waals surface area contributed by atoms with Gasteiger partial charge < -0.3 is 20.9 Å². The molecule has 0 saturated heterocycles. The number of rotatable bonds is 3. The van der Waals surface area contributed by atoms with Gasteiger partial charge in [0.15, 0.2) is 6.10 Å². The average Bonchev–Trinajstić information content (AvgIpc) is 2.88. The van der Waals surface area contributed by atoms with E-state index in [4.69, 9.17) is 20.4 Å². The van der Waals surface area contributed by atoms with E-state index in [9.17, 15) is 18.0 Å². The highest BCUT2D eigenvalue weighted by Gasteiger charge is 2.38. The number of aliphatic carboxylic acids is 1. The van der Waals surface area contributed by atoms with E-state index in [-0.39, 0.29) is 5.91 Å². The van der Waals surface area contributed by atoms with E-state index >= 15 is 0 Å². The quantitative estimate of drug-likeness (QED) is 0.761. The van der Waals surface area contributed by atoms with Crippen LogP contribution in [0.5, 0.6) is 5.75 Å². The minimum atomic E-state index is -5.08. The van der Waals surface area contributed by atoms with Crippen LogP contribution in [0.25, 0.3) is 0 Å². The van der Waals surface area contributed by atoms with Gasteiger partial charge in [-0.2, -0.15) is 13.2 Å². The van der Waals surface area contributed by atoms with Crippen molar-refractivity contribution in [1.82, 2.24) is 5.32 Å². The van der Waals surface area contributed by atoms with Crippen molar-refractivity contribution in [3.05, 3.63) is 29.8 Å². The molecular formula is C13H15F3N2O4. The number of amides is 1. The summed E-state index contributed by atoms with van der Waals surface area (Å²) in [4.78, 5) is 20.5. The highest BCUT2D eigenvalue weighted by atomic mass is 19.4. The molecule has 6 nitrogen and oxygen atoms in total. The van der Waals surface area contributed by atoms with Crippen molar-refractivity contribution in [2.24, 2.45) is 5.73 Å². The van der Waals surface area contributed by atoms with Crippen molar-refractivity contribution in [1.29, 1.82) is 0 Å². The zero-order valence-electron chi connectivity index (χ0n) is 11.4. The number of carboxylic acids is 1. The van der Waals surface area contributed by atoms with Crippen LogP contribution in [-0.2, 0) is 16.0 Å². The molecule has 1 aromatic carbocycles. The molecule has 1 unspecified atom stereocenters. The van der Waals surface area contributed by atoms with Gasteiger partial charge in [0.25, 0.3) is 5.91 Å². The standard InChI is InChI=1S/C11H14N2O2.C2HF3O2/c12-5-6-13-11(14)10-7-8-3-1-2-4-9(8)15-10;3-2(4,5)1(6)7/h1-4,10H,5-7,12H2,(H,13,14);(H,6,7). The average molecular weight is 320 g/mol. The molecule has 1 aromatic rings. The summed E-state index contributed by atoms with van der Waals surface area (Å²) < 4.78 is 37.2. The van der Waals surface area contributed by atoms with Crippen LogP contribution in [0, 0.1) is 0 Å². The zero-order chi connectivity index (χ0) is 16.8. The number of hydrogen-bond acceptors (Lipinski definition) is 4. The molecule has 122 valence electrons. The molecule has 0 fully saturated rings. The van der Waals surface area contributed by atoms with E-state index < -0.39 is 18.2 Å². The molecular weight excluding hydrogens is 305 g/mol. The Morgan fingerprint density at radius 1 is 1.36 bits per heavy atom. The molecule has 0 saturated carbocycles. The number of ether oxygens (including phenoxy) is 1. The lowest BCUT2D eigenvalue weighted by molar-refractivity contribution is -0.192. The second-order valence-corrected chi connectivity index (χ2v) is 4.30. The first kappa shape index (κ1) is 17.8. The van der Waals surface area contributed by atoms with Crippen molar-refractivity contribution in [2.45, 2.75) is 18.7 Å². The lowest BCUT2D eigenvalue weighted by Gasteiger charge is -2.10. The minimum Gasteiger partial charge on any atom is -0.480 e. The van der Waals surface area contributed by atoms with Gasteiger partial charge in [-0.25, -0.2) is 4.79 Å². The fraction of sp³-hybridized carbons (Fsp3) is 0.385. The van der Waals surface area contributed by atoms with Gasteiger partial charge in [-0.1, -0.05) is 18.2 Å². The first-order valence-corrected chi connectivity index (χ1v) is 6.28. The smallest absolute Gasteiger partial charge is 0.480 e. The van der Waals surface area contributed by atoms with Gasteiger partial charge in [-0.05, 0) is 11.6 Å². The van der Waals surface area contributed by atoms with E-state index in [0.29, 0.717) is 19.5 Å². The maximum absolute atomic E-state index is 11.6. The number of para-hydroxylation sites is 1. The Bertz CT molecular complexity index is 509. The number of fused-ring (bicyclic) bond motifs is 1. The predicted molar refractivity (Wildman–Crippen MR) is 70.3 cm³/mol. The summed E-state index contributed by atoms with van der Waals surface area (Å²) in [5.74, 6) is -2.03. The third kappa shape index (κ3) is 5.24. The molecule has 9 heteroatoms. The van der Waals surface area contributed by atoms with Crippen LogP contribution in [0.2, 0.25) is 0 Å². The van der Waals surface area contributed by atoms with Crippen LogP contribution >= 0.6 is 0 Å². The van der Waals surface area contributed by atoms with Gasteiger partial charge in [0, 0.05) is 19.5 Å². The first-order valence-electron chi connectivity index (χ1n) is 6.28. The van der Waals surface area contributed by atoms with Gasteiger partial charge in [0.05, 0.1) is 0 Å². The summed E-state index contributed by atoms with van der Waals surface area (Å²) in [6.07, 6.45) is -4.83. The summed E-state index contributed by atoms with van der Waals surface area (Å²) in [6.45, 7) is 0.945. The van der Waals surface area contributed by atoms with Gasteiger partial charge in [0.2, 0.25) is 0 Å². The highest BCUT2D eigenvalue weighted by molar-refractivity contribution is 5.82. The van der Waals surface area contributed by atoms with Crippen LogP contribution in [0.4, 0.5) is 13.2 Å². The van der Waals surface area contributed by atoms with Crippen LogP contribution in [-0.4, -0.2) is 42.4 Å². The Kier molecular flexibility index (Phi) is 6.17.